The Bertz CT molecular complexity index is 298. The number of rotatable bonds is 4. The number of anilines is 1. The lowest BCUT2D eigenvalue weighted by atomic mass is 10.3. The lowest BCUT2D eigenvalue weighted by molar-refractivity contribution is -0.138. The molecule has 1 aromatic rings. The van der Waals surface area contributed by atoms with Crippen LogP contribution >= 0.6 is 11.3 Å². The summed E-state index contributed by atoms with van der Waals surface area (Å²) in [5.74, 6) is -1.38. The summed E-state index contributed by atoms with van der Waals surface area (Å²) >= 11 is 1.06. The average molecular weight is 200 g/mol. The van der Waals surface area contributed by atoms with Crippen molar-refractivity contribution in [3.63, 3.8) is 0 Å². The maximum atomic E-state index is 11.0. The number of carbonyl (C=O) groups excluding carboxylic acids is 1. The maximum Gasteiger partial charge on any atom is 0.303 e. The quantitative estimate of drug-likeness (QED) is 0.721. The van der Waals surface area contributed by atoms with Crippen LogP contribution in [0.5, 0.6) is 0 Å². The number of hydrogen-bond acceptors (Lipinski definition) is 5. The largest absolute Gasteiger partial charge is 0.481 e. The van der Waals surface area contributed by atoms with Gasteiger partial charge >= 0.3 is 5.97 Å². The first-order chi connectivity index (χ1) is 6.18. The SMILES string of the molecule is O=C(O)CCC(=O)Nc1nn[c]s1. The van der Waals surface area contributed by atoms with Crippen LogP contribution in [0.3, 0.4) is 0 Å². The number of carboxylic acids is 1. The smallest absolute Gasteiger partial charge is 0.303 e. The van der Waals surface area contributed by atoms with E-state index in [0.29, 0.717) is 5.13 Å². The summed E-state index contributed by atoms with van der Waals surface area (Å²) in [5, 5.41) is 17.9. The van der Waals surface area contributed by atoms with Crippen LogP contribution in [0.4, 0.5) is 5.13 Å². The van der Waals surface area contributed by atoms with Crippen molar-refractivity contribution in [3.05, 3.63) is 5.51 Å². The maximum absolute atomic E-state index is 11.0. The summed E-state index contributed by atoms with van der Waals surface area (Å²) in [7, 11) is 0. The molecule has 0 unspecified atom stereocenters. The van der Waals surface area contributed by atoms with Crippen molar-refractivity contribution >= 4 is 28.3 Å². The number of carboxylic acid groups (broad SMARTS) is 1. The Morgan fingerprint density at radius 2 is 2.31 bits per heavy atom. The van der Waals surface area contributed by atoms with E-state index in [2.05, 4.69) is 21.0 Å². The molecule has 2 N–H and O–H groups in total. The van der Waals surface area contributed by atoms with Crippen molar-refractivity contribution in [3.8, 4) is 0 Å². The molecule has 0 atom stereocenters. The van der Waals surface area contributed by atoms with Gasteiger partial charge in [0.1, 0.15) is 0 Å². The van der Waals surface area contributed by atoms with Crippen molar-refractivity contribution in [2.75, 3.05) is 5.32 Å². The minimum absolute atomic E-state index is 0.0606. The van der Waals surface area contributed by atoms with Gasteiger partial charge in [0.15, 0.2) is 5.51 Å². The molecular formula is C6H6N3O3S. The third-order valence-corrected chi connectivity index (χ3v) is 1.69. The van der Waals surface area contributed by atoms with E-state index in [1.165, 1.54) is 0 Å². The molecule has 6 nitrogen and oxygen atoms in total. The lowest BCUT2D eigenvalue weighted by Gasteiger charge is -1.97. The summed E-state index contributed by atoms with van der Waals surface area (Å²) in [6.45, 7) is 0. The molecule has 1 rings (SSSR count). The van der Waals surface area contributed by atoms with Gasteiger partial charge in [-0.3, -0.25) is 9.59 Å². The normalized spacial score (nSPS) is 9.54. The van der Waals surface area contributed by atoms with Crippen molar-refractivity contribution in [1.82, 2.24) is 10.2 Å². The standard InChI is InChI=1S/C6H6N3O3S/c10-4(1-2-5(11)12)8-6-9-7-3-13-6/h1-2H2,(H,11,12)(H,8,9,10). The molecule has 1 radical (unpaired) electrons. The third-order valence-electron chi connectivity index (χ3n) is 1.14. The molecule has 13 heavy (non-hydrogen) atoms. The van der Waals surface area contributed by atoms with Gasteiger partial charge < -0.3 is 10.4 Å². The van der Waals surface area contributed by atoms with Crippen LogP contribution in [0, 0.1) is 5.51 Å². The summed E-state index contributed by atoms with van der Waals surface area (Å²) in [5.41, 5.74) is 2.45. The molecule has 0 aliphatic rings. The monoisotopic (exact) mass is 200 g/mol. The van der Waals surface area contributed by atoms with Crippen LogP contribution in [0.1, 0.15) is 12.8 Å². The first-order valence-corrected chi connectivity index (χ1v) is 4.21. The number of hydrogen-bond donors (Lipinski definition) is 2. The number of nitrogens with one attached hydrogen (secondary N) is 1. The van der Waals surface area contributed by atoms with Crippen LogP contribution in [0.25, 0.3) is 0 Å². The predicted octanol–water partition coefficient (Wildman–Crippen LogP) is 0.142. The minimum atomic E-state index is -1.00. The molecule has 0 saturated heterocycles. The molecular weight excluding hydrogens is 194 g/mol. The number of carbonyl (C=O) groups is 2. The van der Waals surface area contributed by atoms with Gasteiger partial charge in [0, 0.05) is 6.42 Å². The third kappa shape index (κ3) is 3.61. The number of amides is 1. The van der Waals surface area contributed by atoms with Gasteiger partial charge in [0.2, 0.25) is 11.0 Å². The molecule has 0 spiro atoms. The lowest BCUT2D eigenvalue weighted by Crippen LogP contribution is -2.12. The Morgan fingerprint density at radius 1 is 1.54 bits per heavy atom. The Balaban J connectivity index is 2.30. The highest BCUT2D eigenvalue weighted by atomic mass is 32.1. The molecule has 0 fully saturated rings. The van der Waals surface area contributed by atoms with Gasteiger partial charge in [-0.1, -0.05) is 11.3 Å². The summed E-state index contributed by atoms with van der Waals surface area (Å²) in [6, 6.07) is 0. The Kier molecular flexibility index (Phi) is 3.32. The fourth-order valence-corrected chi connectivity index (χ4v) is 1.02. The Morgan fingerprint density at radius 3 is 2.85 bits per heavy atom. The molecule has 0 bridgehead atoms. The Labute approximate surface area is 77.6 Å². The number of nitrogens with zero attached hydrogens (tertiary/aromatic N) is 2. The van der Waals surface area contributed by atoms with Crippen molar-refractivity contribution in [2.24, 2.45) is 0 Å². The van der Waals surface area contributed by atoms with Crippen molar-refractivity contribution in [2.45, 2.75) is 12.8 Å². The van der Waals surface area contributed by atoms with Crippen LogP contribution < -0.4 is 5.32 Å². The van der Waals surface area contributed by atoms with E-state index >= 15 is 0 Å². The highest BCUT2D eigenvalue weighted by Crippen LogP contribution is 2.07. The second-order valence-corrected chi connectivity index (χ2v) is 2.91. The van der Waals surface area contributed by atoms with E-state index in [4.69, 9.17) is 5.11 Å². The van der Waals surface area contributed by atoms with E-state index in [9.17, 15) is 9.59 Å². The van der Waals surface area contributed by atoms with Gasteiger partial charge in [-0.25, -0.2) is 0 Å². The Hall–Kier alpha value is -1.50. The molecule has 0 aliphatic heterocycles. The van der Waals surface area contributed by atoms with Gasteiger partial charge in [-0.15, -0.1) is 10.2 Å². The second-order valence-electron chi connectivity index (χ2n) is 2.14. The van der Waals surface area contributed by atoms with E-state index in [1.807, 2.05) is 0 Å². The van der Waals surface area contributed by atoms with E-state index in [1.54, 1.807) is 0 Å². The molecule has 69 valence electrons. The molecule has 7 heteroatoms. The van der Waals surface area contributed by atoms with Gasteiger partial charge in [0.25, 0.3) is 0 Å². The molecule has 1 heterocycles. The van der Waals surface area contributed by atoms with Crippen molar-refractivity contribution in [1.29, 1.82) is 0 Å². The predicted molar refractivity (Wildman–Crippen MR) is 44.2 cm³/mol. The molecule has 0 aromatic carbocycles. The molecule has 1 amide bonds. The molecule has 0 saturated carbocycles. The fraction of sp³-hybridized carbons (Fsp3) is 0.333. The first-order valence-electron chi connectivity index (χ1n) is 3.39. The number of aliphatic carboxylic acids is 1. The molecule has 0 aliphatic carbocycles. The number of aromatic nitrogens is 2. The van der Waals surface area contributed by atoms with Crippen molar-refractivity contribution < 1.29 is 14.7 Å². The van der Waals surface area contributed by atoms with Gasteiger partial charge in [0.05, 0.1) is 6.42 Å². The fourth-order valence-electron chi connectivity index (χ4n) is 0.603. The second kappa shape index (κ2) is 4.51. The first kappa shape index (κ1) is 9.59. The van der Waals surface area contributed by atoms with E-state index < -0.39 is 5.97 Å². The van der Waals surface area contributed by atoms with Crippen LogP contribution in [-0.4, -0.2) is 27.2 Å². The topological polar surface area (TPSA) is 92.2 Å². The van der Waals surface area contributed by atoms with Crippen LogP contribution in [0.15, 0.2) is 0 Å². The minimum Gasteiger partial charge on any atom is -0.481 e. The summed E-state index contributed by atoms with van der Waals surface area (Å²) in [6.07, 6.45) is -0.247. The zero-order chi connectivity index (χ0) is 9.68. The van der Waals surface area contributed by atoms with Crippen LogP contribution in [-0.2, 0) is 9.59 Å². The molecule has 1 aromatic heterocycles. The summed E-state index contributed by atoms with van der Waals surface area (Å²) < 4.78 is 0. The zero-order valence-corrected chi connectivity index (χ0v) is 7.30. The van der Waals surface area contributed by atoms with E-state index in [0.717, 1.165) is 11.3 Å². The van der Waals surface area contributed by atoms with Gasteiger partial charge in [-0.2, -0.15) is 0 Å². The highest BCUT2D eigenvalue weighted by molar-refractivity contribution is 7.13. The van der Waals surface area contributed by atoms with E-state index in [-0.39, 0.29) is 18.7 Å². The van der Waals surface area contributed by atoms with Gasteiger partial charge in [-0.05, 0) is 0 Å². The van der Waals surface area contributed by atoms with Crippen LogP contribution in [0.2, 0.25) is 0 Å². The summed E-state index contributed by atoms with van der Waals surface area (Å²) in [4.78, 5) is 21.1. The highest BCUT2D eigenvalue weighted by Gasteiger charge is 2.06. The average Bonchev–Trinajstić information content (AvgIpc) is 2.53. The zero-order valence-electron chi connectivity index (χ0n) is 6.48.